The van der Waals surface area contributed by atoms with Crippen LogP contribution in [0.4, 0.5) is 0 Å². The summed E-state index contributed by atoms with van der Waals surface area (Å²) in [5.74, 6) is 1.17. The molecule has 98 valence electrons. The number of rotatable bonds is 5. The van der Waals surface area contributed by atoms with Crippen LogP contribution in [-0.2, 0) is 22.4 Å². The summed E-state index contributed by atoms with van der Waals surface area (Å²) in [4.78, 5) is 15.7. The molecule has 1 aromatic carbocycles. The van der Waals surface area contributed by atoms with Crippen LogP contribution in [0.3, 0.4) is 0 Å². The van der Waals surface area contributed by atoms with Crippen molar-refractivity contribution < 1.29 is 14.1 Å². The molecule has 0 aliphatic heterocycles. The number of carbonyl (C=O) groups is 1. The van der Waals surface area contributed by atoms with Gasteiger partial charge in [-0.15, -0.1) is 0 Å². The normalized spacial score (nSPS) is 16.8. The largest absolute Gasteiger partial charge is 0.377 e. The Morgan fingerprint density at radius 1 is 1.47 bits per heavy atom. The minimum absolute atomic E-state index is 0.0632. The molecular formula is C14H14N2O3. The van der Waals surface area contributed by atoms with Crippen LogP contribution in [0.15, 0.2) is 28.8 Å². The third kappa shape index (κ3) is 2.29. The van der Waals surface area contributed by atoms with Crippen molar-refractivity contribution in [1.82, 2.24) is 10.1 Å². The molecule has 0 saturated carbocycles. The summed E-state index contributed by atoms with van der Waals surface area (Å²) in [5.41, 5.74) is 2.58. The molecule has 5 heteroatoms. The molecule has 1 atom stereocenters. The van der Waals surface area contributed by atoms with Crippen LogP contribution in [0.1, 0.15) is 28.8 Å². The molecule has 0 spiro atoms. The minimum atomic E-state index is -0.0632. The van der Waals surface area contributed by atoms with Gasteiger partial charge in [-0.05, 0) is 17.5 Å². The van der Waals surface area contributed by atoms with E-state index in [1.54, 1.807) is 0 Å². The van der Waals surface area contributed by atoms with E-state index in [0.29, 0.717) is 11.7 Å². The number of benzene rings is 1. The molecule has 0 amide bonds. The van der Waals surface area contributed by atoms with Crippen LogP contribution in [0.2, 0.25) is 0 Å². The third-order valence-electron chi connectivity index (χ3n) is 3.30. The second-order valence-electron chi connectivity index (χ2n) is 4.65. The van der Waals surface area contributed by atoms with Crippen molar-refractivity contribution in [2.45, 2.75) is 18.8 Å². The Bertz CT molecular complexity index is 606. The van der Waals surface area contributed by atoms with Gasteiger partial charge in [0.05, 0.1) is 12.3 Å². The molecule has 0 saturated heterocycles. The Morgan fingerprint density at radius 2 is 2.32 bits per heavy atom. The van der Waals surface area contributed by atoms with Gasteiger partial charge in [-0.3, -0.25) is 4.79 Å². The molecule has 1 aromatic heterocycles. The van der Waals surface area contributed by atoms with Gasteiger partial charge in [0.2, 0.25) is 5.89 Å². The van der Waals surface area contributed by atoms with Crippen LogP contribution < -0.4 is 0 Å². The Hall–Kier alpha value is -2.01. The maximum Gasteiger partial charge on any atom is 0.234 e. The molecule has 1 aliphatic rings. The second-order valence-corrected chi connectivity index (χ2v) is 4.65. The van der Waals surface area contributed by atoms with E-state index < -0.39 is 0 Å². The summed E-state index contributed by atoms with van der Waals surface area (Å²) in [6.07, 6.45) is 1.07. The summed E-state index contributed by atoms with van der Waals surface area (Å²) >= 11 is 0. The summed E-state index contributed by atoms with van der Waals surface area (Å²) < 4.78 is 9.89. The molecule has 1 heterocycles. The van der Waals surface area contributed by atoms with Crippen molar-refractivity contribution in [3.05, 3.63) is 47.1 Å². The van der Waals surface area contributed by atoms with Crippen molar-refractivity contribution in [3.8, 4) is 0 Å². The fourth-order valence-corrected chi connectivity index (χ4v) is 2.35. The highest BCUT2D eigenvalue weighted by Crippen LogP contribution is 2.38. The van der Waals surface area contributed by atoms with Crippen molar-refractivity contribution in [3.63, 3.8) is 0 Å². The molecule has 0 N–H and O–H groups in total. The number of ketones is 1. The number of aromatic nitrogens is 2. The fraction of sp³-hybridized carbons (Fsp3) is 0.357. The lowest BCUT2D eigenvalue weighted by Crippen LogP contribution is -2.19. The SMILES string of the molecule is COCC(=O)Cc1nc(C2Cc3ccccc32)no1. The molecule has 0 bridgehead atoms. The predicted molar refractivity (Wildman–Crippen MR) is 66.9 cm³/mol. The predicted octanol–water partition coefficient (Wildman–Crippen LogP) is 1.52. The smallest absolute Gasteiger partial charge is 0.234 e. The minimum Gasteiger partial charge on any atom is -0.377 e. The molecule has 1 aliphatic carbocycles. The van der Waals surface area contributed by atoms with Crippen molar-refractivity contribution >= 4 is 5.78 Å². The molecule has 19 heavy (non-hydrogen) atoms. The molecular weight excluding hydrogens is 244 g/mol. The van der Waals surface area contributed by atoms with Gasteiger partial charge in [-0.2, -0.15) is 4.98 Å². The molecule has 2 aromatic rings. The topological polar surface area (TPSA) is 65.2 Å². The van der Waals surface area contributed by atoms with Gasteiger partial charge in [0.1, 0.15) is 6.61 Å². The zero-order valence-corrected chi connectivity index (χ0v) is 10.6. The highest BCUT2D eigenvalue weighted by Gasteiger charge is 2.31. The van der Waals surface area contributed by atoms with E-state index in [4.69, 9.17) is 9.26 Å². The Labute approximate surface area is 110 Å². The van der Waals surface area contributed by atoms with Gasteiger partial charge in [-0.25, -0.2) is 0 Å². The quantitative estimate of drug-likeness (QED) is 0.813. The first kappa shape index (κ1) is 12.0. The van der Waals surface area contributed by atoms with E-state index in [2.05, 4.69) is 22.3 Å². The van der Waals surface area contributed by atoms with E-state index in [1.165, 1.54) is 18.2 Å². The van der Waals surface area contributed by atoms with Crippen molar-refractivity contribution in [1.29, 1.82) is 0 Å². The highest BCUT2D eigenvalue weighted by atomic mass is 16.5. The van der Waals surface area contributed by atoms with E-state index in [9.17, 15) is 4.79 Å². The lowest BCUT2D eigenvalue weighted by atomic mass is 9.77. The summed E-state index contributed by atoms with van der Waals surface area (Å²) in [7, 11) is 1.49. The highest BCUT2D eigenvalue weighted by molar-refractivity contribution is 5.81. The first-order valence-electron chi connectivity index (χ1n) is 6.19. The van der Waals surface area contributed by atoms with Gasteiger partial charge in [0.15, 0.2) is 11.6 Å². The third-order valence-corrected chi connectivity index (χ3v) is 3.30. The molecule has 0 radical (unpaired) electrons. The zero-order chi connectivity index (χ0) is 13.2. The van der Waals surface area contributed by atoms with Crippen LogP contribution in [0.25, 0.3) is 0 Å². The van der Waals surface area contributed by atoms with E-state index >= 15 is 0 Å². The van der Waals surface area contributed by atoms with Gasteiger partial charge < -0.3 is 9.26 Å². The molecule has 1 unspecified atom stereocenters. The Morgan fingerprint density at radius 3 is 3.11 bits per heavy atom. The monoisotopic (exact) mass is 258 g/mol. The number of fused-ring (bicyclic) bond motifs is 1. The van der Waals surface area contributed by atoms with Gasteiger partial charge in [0, 0.05) is 7.11 Å². The molecule has 3 rings (SSSR count). The van der Waals surface area contributed by atoms with Gasteiger partial charge in [0.25, 0.3) is 0 Å². The maximum absolute atomic E-state index is 11.4. The summed E-state index contributed by atoms with van der Waals surface area (Å²) in [5, 5.41) is 3.97. The number of ether oxygens (including phenoxy) is 1. The maximum atomic E-state index is 11.4. The average molecular weight is 258 g/mol. The lowest BCUT2D eigenvalue weighted by Gasteiger charge is -2.27. The van der Waals surface area contributed by atoms with E-state index in [1.807, 2.05) is 12.1 Å². The molecule has 0 fully saturated rings. The van der Waals surface area contributed by atoms with Crippen molar-refractivity contribution in [2.75, 3.05) is 13.7 Å². The fourth-order valence-electron chi connectivity index (χ4n) is 2.35. The first-order valence-corrected chi connectivity index (χ1v) is 6.19. The number of hydrogen-bond donors (Lipinski definition) is 0. The van der Waals surface area contributed by atoms with Crippen LogP contribution >= 0.6 is 0 Å². The number of methoxy groups -OCH3 is 1. The first-order chi connectivity index (χ1) is 9.28. The van der Waals surface area contributed by atoms with Crippen molar-refractivity contribution in [2.24, 2.45) is 0 Å². The number of hydrogen-bond acceptors (Lipinski definition) is 5. The molecule has 5 nitrogen and oxygen atoms in total. The van der Waals surface area contributed by atoms with Crippen LogP contribution in [0.5, 0.6) is 0 Å². The summed E-state index contributed by atoms with van der Waals surface area (Å²) in [6.45, 7) is 0.0734. The van der Waals surface area contributed by atoms with Crippen LogP contribution in [-0.4, -0.2) is 29.6 Å². The Balaban J connectivity index is 1.72. The number of Topliss-reactive ketones (excluding diaryl/α,β-unsaturated/α-hetero) is 1. The van der Waals surface area contributed by atoms with E-state index in [0.717, 1.165) is 6.42 Å². The van der Waals surface area contributed by atoms with Crippen LogP contribution in [0, 0.1) is 0 Å². The van der Waals surface area contributed by atoms with Gasteiger partial charge >= 0.3 is 0 Å². The summed E-state index contributed by atoms with van der Waals surface area (Å²) in [6, 6.07) is 8.22. The van der Waals surface area contributed by atoms with Gasteiger partial charge in [-0.1, -0.05) is 29.4 Å². The lowest BCUT2D eigenvalue weighted by molar-refractivity contribution is -0.122. The number of carbonyl (C=O) groups excluding carboxylic acids is 1. The second kappa shape index (κ2) is 4.93. The average Bonchev–Trinajstić information content (AvgIpc) is 2.79. The standard InChI is InChI=1S/C14H14N2O3/c1-18-8-10(17)7-13-15-14(16-19-13)12-6-9-4-2-3-5-11(9)12/h2-5,12H,6-8H2,1H3. The zero-order valence-electron chi connectivity index (χ0n) is 10.6. The Kier molecular flexibility index (Phi) is 3.13. The van der Waals surface area contributed by atoms with E-state index in [-0.39, 0.29) is 24.7 Å². The number of nitrogens with zero attached hydrogens (tertiary/aromatic N) is 2.